The van der Waals surface area contributed by atoms with Crippen molar-refractivity contribution in [3.63, 3.8) is 0 Å². The van der Waals surface area contributed by atoms with Gasteiger partial charge >= 0.3 is 0 Å². The molecule has 0 spiro atoms. The number of unbranched alkanes of at least 4 members (excludes halogenated alkanes) is 7. The molecular weight excluding hydrogens is 432 g/mol. The average molecular weight is 489 g/mol. The highest BCUT2D eigenvalue weighted by atomic mass is 16.6. The highest BCUT2D eigenvalue weighted by molar-refractivity contribution is 5.02. The Morgan fingerprint density at radius 2 is 1.47 bits per heavy atom. The van der Waals surface area contributed by atoms with Crippen molar-refractivity contribution in [3.8, 4) is 0 Å². The summed E-state index contributed by atoms with van der Waals surface area (Å²) in [4.78, 5) is 0. The second-order valence-corrected chi connectivity index (χ2v) is 10.2. The van der Waals surface area contributed by atoms with Gasteiger partial charge in [-0.2, -0.15) is 0 Å². The first-order chi connectivity index (χ1) is 16.4. The summed E-state index contributed by atoms with van der Waals surface area (Å²) in [7, 11) is 0. The van der Waals surface area contributed by atoms with Crippen LogP contribution in [0.25, 0.3) is 0 Å². The third-order valence-corrected chi connectivity index (χ3v) is 7.46. The van der Waals surface area contributed by atoms with Crippen LogP contribution in [0.5, 0.6) is 0 Å². The van der Waals surface area contributed by atoms with Gasteiger partial charge in [0.05, 0.1) is 18.3 Å². The molecule has 0 aromatic carbocycles. The maximum atomic E-state index is 11.2. The van der Waals surface area contributed by atoms with Gasteiger partial charge in [-0.1, -0.05) is 92.4 Å². The van der Waals surface area contributed by atoms with Crippen molar-refractivity contribution in [2.45, 2.75) is 167 Å². The molecule has 1 heterocycles. The fourth-order valence-electron chi connectivity index (χ4n) is 5.31. The zero-order chi connectivity index (χ0) is 25.4. The van der Waals surface area contributed by atoms with Crippen LogP contribution in [0.2, 0.25) is 0 Å². The smallest absolute Gasteiger partial charge is 0.115 e. The topological polar surface area (TPSA) is 88.4 Å². The first-order valence-electron chi connectivity index (χ1n) is 14.4. The molecular formula is C28H56O6. The highest BCUT2D eigenvalue weighted by Crippen LogP contribution is 2.37. The standard InChI is InChI=1S/C28H56O6/c1-6-11-12-13-14-15-16-17-20-32-28(10-5,19-8-3)27-25(31)24(30)26(23(21-29)34-27)33-22(9-4)18-7-2/h22-27,29-31H,6-21H2,1-5H3/t22?,23-,24-,25-,26-,27?,28?/m1/s1. The molecule has 0 aromatic rings. The minimum Gasteiger partial charge on any atom is -0.394 e. The van der Waals surface area contributed by atoms with E-state index in [0.29, 0.717) is 13.0 Å². The molecule has 0 radical (unpaired) electrons. The number of aliphatic hydroxyl groups is 3. The van der Waals surface area contributed by atoms with Gasteiger partial charge in [-0.25, -0.2) is 0 Å². The molecule has 6 heteroatoms. The van der Waals surface area contributed by atoms with E-state index in [0.717, 1.165) is 44.9 Å². The van der Waals surface area contributed by atoms with E-state index in [2.05, 4.69) is 27.7 Å². The van der Waals surface area contributed by atoms with E-state index in [4.69, 9.17) is 14.2 Å². The van der Waals surface area contributed by atoms with Gasteiger partial charge in [-0.05, 0) is 32.1 Å². The Kier molecular flexibility index (Phi) is 16.9. The van der Waals surface area contributed by atoms with Crippen LogP contribution in [0.1, 0.15) is 125 Å². The molecule has 1 aliphatic rings. The molecule has 0 aromatic heterocycles. The maximum Gasteiger partial charge on any atom is 0.115 e. The zero-order valence-electron chi connectivity index (χ0n) is 22.8. The molecule has 6 nitrogen and oxygen atoms in total. The first kappa shape index (κ1) is 31.8. The van der Waals surface area contributed by atoms with Crippen LogP contribution in [0, 0.1) is 0 Å². The van der Waals surface area contributed by atoms with Crippen molar-refractivity contribution >= 4 is 0 Å². The van der Waals surface area contributed by atoms with Gasteiger partial charge in [0, 0.05) is 6.61 Å². The third kappa shape index (κ3) is 9.67. The monoisotopic (exact) mass is 488 g/mol. The minimum absolute atomic E-state index is 0.0316. The summed E-state index contributed by atoms with van der Waals surface area (Å²) in [6.07, 6.45) is 10.4. The van der Waals surface area contributed by atoms with E-state index in [9.17, 15) is 15.3 Å². The average Bonchev–Trinajstić information content (AvgIpc) is 2.84. The summed E-state index contributed by atoms with van der Waals surface area (Å²) in [6.45, 7) is 10.9. The normalized spacial score (nSPS) is 28.1. The lowest BCUT2D eigenvalue weighted by atomic mass is 9.80. The van der Waals surface area contributed by atoms with Crippen molar-refractivity contribution in [3.05, 3.63) is 0 Å². The third-order valence-electron chi connectivity index (χ3n) is 7.46. The van der Waals surface area contributed by atoms with Gasteiger partial charge in [-0.15, -0.1) is 0 Å². The zero-order valence-corrected chi connectivity index (χ0v) is 22.8. The minimum atomic E-state index is -1.13. The summed E-state index contributed by atoms with van der Waals surface area (Å²) in [5.74, 6) is 0. The Bertz CT molecular complexity index is 488. The Morgan fingerprint density at radius 1 is 0.824 bits per heavy atom. The van der Waals surface area contributed by atoms with E-state index in [-0.39, 0.29) is 12.7 Å². The lowest BCUT2D eigenvalue weighted by Gasteiger charge is -2.50. The molecule has 0 bridgehead atoms. The van der Waals surface area contributed by atoms with Gasteiger partial charge in [-0.3, -0.25) is 0 Å². The molecule has 1 aliphatic heterocycles. The molecule has 1 rings (SSSR count). The molecule has 3 unspecified atom stereocenters. The van der Waals surface area contributed by atoms with Gasteiger partial charge in [0.15, 0.2) is 0 Å². The SMILES string of the molecule is CCCCCCCCCCOC(CC)(CCC)C1O[C@H](CO)[C@@H](OC(CC)CCC)[C@H](O)[C@H]1O. The molecule has 34 heavy (non-hydrogen) atoms. The van der Waals surface area contributed by atoms with Crippen LogP contribution < -0.4 is 0 Å². The lowest BCUT2D eigenvalue weighted by Crippen LogP contribution is -2.66. The quantitative estimate of drug-likeness (QED) is 0.195. The van der Waals surface area contributed by atoms with Gasteiger partial charge in [0.25, 0.3) is 0 Å². The van der Waals surface area contributed by atoms with E-state index < -0.39 is 36.1 Å². The van der Waals surface area contributed by atoms with Crippen LogP contribution in [0.15, 0.2) is 0 Å². The second-order valence-electron chi connectivity index (χ2n) is 10.2. The Morgan fingerprint density at radius 3 is 2.00 bits per heavy atom. The second kappa shape index (κ2) is 18.1. The van der Waals surface area contributed by atoms with Gasteiger partial charge in [0.1, 0.15) is 30.5 Å². The molecule has 1 fully saturated rings. The molecule has 0 amide bonds. The van der Waals surface area contributed by atoms with Crippen LogP contribution in [0.4, 0.5) is 0 Å². The predicted molar refractivity (Wildman–Crippen MR) is 138 cm³/mol. The maximum absolute atomic E-state index is 11.2. The van der Waals surface area contributed by atoms with Crippen LogP contribution in [-0.4, -0.2) is 70.8 Å². The molecule has 0 aliphatic carbocycles. The van der Waals surface area contributed by atoms with Crippen LogP contribution in [-0.2, 0) is 14.2 Å². The van der Waals surface area contributed by atoms with E-state index in [1.54, 1.807) is 0 Å². The Hall–Kier alpha value is -0.240. The van der Waals surface area contributed by atoms with Gasteiger partial charge < -0.3 is 29.5 Å². The lowest BCUT2D eigenvalue weighted by molar-refractivity contribution is -0.293. The number of hydrogen-bond donors (Lipinski definition) is 3. The van der Waals surface area contributed by atoms with Crippen molar-refractivity contribution < 1.29 is 29.5 Å². The summed E-state index contributed by atoms with van der Waals surface area (Å²) in [5, 5.41) is 32.3. The van der Waals surface area contributed by atoms with Crippen molar-refractivity contribution in [1.29, 1.82) is 0 Å². The molecule has 7 atom stereocenters. The van der Waals surface area contributed by atoms with Crippen LogP contribution >= 0.6 is 0 Å². The number of aliphatic hydroxyl groups excluding tert-OH is 3. The van der Waals surface area contributed by atoms with Crippen molar-refractivity contribution in [2.24, 2.45) is 0 Å². The first-order valence-corrected chi connectivity index (χ1v) is 14.4. The predicted octanol–water partition coefficient (Wildman–Crippen LogP) is 5.54. The highest BCUT2D eigenvalue weighted by Gasteiger charge is 2.53. The molecule has 204 valence electrons. The molecule has 1 saturated heterocycles. The van der Waals surface area contributed by atoms with E-state index >= 15 is 0 Å². The summed E-state index contributed by atoms with van der Waals surface area (Å²) < 4.78 is 18.9. The summed E-state index contributed by atoms with van der Waals surface area (Å²) >= 11 is 0. The van der Waals surface area contributed by atoms with E-state index in [1.807, 2.05) is 6.92 Å². The fraction of sp³-hybridized carbons (Fsp3) is 1.00. The Labute approximate surface area is 209 Å². The molecule has 0 saturated carbocycles. The van der Waals surface area contributed by atoms with E-state index in [1.165, 1.54) is 38.5 Å². The summed E-state index contributed by atoms with van der Waals surface area (Å²) in [6, 6.07) is 0. The Balaban J connectivity index is 2.78. The number of ether oxygens (including phenoxy) is 3. The van der Waals surface area contributed by atoms with Gasteiger partial charge in [0.2, 0.25) is 0 Å². The van der Waals surface area contributed by atoms with Crippen molar-refractivity contribution in [2.75, 3.05) is 13.2 Å². The summed E-state index contributed by atoms with van der Waals surface area (Å²) in [5.41, 5.74) is -0.692. The van der Waals surface area contributed by atoms with Crippen LogP contribution in [0.3, 0.4) is 0 Å². The fourth-order valence-corrected chi connectivity index (χ4v) is 5.31. The largest absolute Gasteiger partial charge is 0.394 e. The number of rotatable bonds is 20. The molecule has 3 N–H and O–H groups in total. The van der Waals surface area contributed by atoms with Crippen molar-refractivity contribution in [1.82, 2.24) is 0 Å². The number of hydrogen-bond acceptors (Lipinski definition) is 6.